The van der Waals surface area contributed by atoms with Crippen LogP contribution in [0.1, 0.15) is 11.6 Å². The Hall–Kier alpha value is -1.46. The Labute approximate surface area is 113 Å². The van der Waals surface area contributed by atoms with Crippen LogP contribution < -0.4 is 5.73 Å². The Kier molecular flexibility index (Phi) is 4.50. The first kappa shape index (κ1) is 14.0. The molecule has 0 spiro atoms. The van der Waals surface area contributed by atoms with E-state index in [2.05, 4.69) is 0 Å². The third-order valence-electron chi connectivity index (χ3n) is 2.60. The lowest BCUT2D eigenvalue weighted by atomic mass is 10.1. The highest BCUT2D eigenvalue weighted by molar-refractivity contribution is 7.99. The van der Waals surface area contributed by atoms with E-state index in [0.717, 1.165) is 0 Å². The van der Waals surface area contributed by atoms with E-state index in [9.17, 15) is 13.2 Å². The lowest BCUT2D eigenvalue weighted by molar-refractivity contribution is 0.538. The van der Waals surface area contributed by atoms with Crippen molar-refractivity contribution < 1.29 is 13.2 Å². The average molecular weight is 283 g/mol. The minimum atomic E-state index is -0.783. The van der Waals surface area contributed by atoms with Gasteiger partial charge in [-0.05, 0) is 30.3 Å². The maximum Gasteiger partial charge on any atom is 0.130 e. The van der Waals surface area contributed by atoms with E-state index in [1.807, 2.05) is 0 Å². The monoisotopic (exact) mass is 283 g/mol. The third kappa shape index (κ3) is 3.52. The second-order valence-corrected chi connectivity index (χ2v) is 5.10. The van der Waals surface area contributed by atoms with Crippen molar-refractivity contribution >= 4 is 11.8 Å². The lowest BCUT2D eigenvalue weighted by Crippen LogP contribution is -2.16. The van der Waals surface area contributed by atoms with Gasteiger partial charge in [0.1, 0.15) is 17.5 Å². The quantitative estimate of drug-likeness (QED) is 0.861. The molecule has 0 radical (unpaired) electrons. The lowest BCUT2D eigenvalue weighted by Gasteiger charge is -2.13. The van der Waals surface area contributed by atoms with Gasteiger partial charge in [-0.25, -0.2) is 13.2 Å². The summed E-state index contributed by atoms with van der Waals surface area (Å²) in [5, 5.41) is 0. The van der Waals surface area contributed by atoms with E-state index >= 15 is 0 Å². The number of hydrogen-bond acceptors (Lipinski definition) is 2. The van der Waals surface area contributed by atoms with Gasteiger partial charge in [-0.3, -0.25) is 0 Å². The summed E-state index contributed by atoms with van der Waals surface area (Å²) in [6.45, 7) is 0. The molecule has 1 nitrogen and oxygen atoms in total. The normalized spacial score (nSPS) is 12.4. The van der Waals surface area contributed by atoms with Crippen molar-refractivity contribution in [1.82, 2.24) is 0 Å². The first-order valence-electron chi connectivity index (χ1n) is 5.66. The Bertz CT molecular complexity index is 554. The Morgan fingerprint density at radius 2 is 1.63 bits per heavy atom. The highest BCUT2D eigenvalue weighted by atomic mass is 32.2. The van der Waals surface area contributed by atoms with E-state index in [1.54, 1.807) is 12.1 Å². The predicted molar refractivity (Wildman–Crippen MR) is 70.4 cm³/mol. The smallest absolute Gasteiger partial charge is 0.130 e. The van der Waals surface area contributed by atoms with Gasteiger partial charge in [-0.1, -0.05) is 12.1 Å². The van der Waals surface area contributed by atoms with Crippen LogP contribution in [0.3, 0.4) is 0 Å². The fourth-order valence-electron chi connectivity index (χ4n) is 1.69. The minimum Gasteiger partial charge on any atom is -0.323 e. The number of thioether (sulfide) groups is 1. The third-order valence-corrected chi connectivity index (χ3v) is 3.71. The van der Waals surface area contributed by atoms with Crippen molar-refractivity contribution in [1.29, 1.82) is 0 Å². The molecule has 0 fully saturated rings. The van der Waals surface area contributed by atoms with Crippen LogP contribution in [0.25, 0.3) is 0 Å². The molecule has 0 aliphatic heterocycles. The molecule has 5 heteroatoms. The topological polar surface area (TPSA) is 26.0 Å². The zero-order valence-corrected chi connectivity index (χ0v) is 10.8. The molecule has 0 heterocycles. The van der Waals surface area contributed by atoms with Crippen molar-refractivity contribution in [2.45, 2.75) is 10.9 Å². The molecule has 0 bridgehead atoms. The molecule has 2 aromatic rings. The summed E-state index contributed by atoms with van der Waals surface area (Å²) >= 11 is 1.26. The van der Waals surface area contributed by atoms with Gasteiger partial charge in [-0.15, -0.1) is 11.8 Å². The summed E-state index contributed by atoms with van der Waals surface area (Å²) in [6, 6.07) is 8.84. The SMILES string of the molecule is NC(CSc1cccc(F)c1)c1c(F)cccc1F. The zero-order valence-electron chi connectivity index (χ0n) is 9.95. The molecule has 0 amide bonds. The number of halogens is 3. The number of benzene rings is 2. The minimum absolute atomic E-state index is 0.133. The molecule has 2 N–H and O–H groups in total. The molecule has 100 valence electrons. The molecule has 19 heavy (non-hydrogen) atoms. The van der Waals surface area contributed by atoms with Crippen LogP contribution in [0.4, 0.5) is 13.2 Å². The molecule has 2 aromatic carbocycles. The summed E-state index contributed by atoms with van der Waals surface area (Å²) in [7, 11) is 0. The highest BCUT2D eigenvalue weighted by Crippen LogP contribution is 2.26. The summed E-state index contributed by atoms with van der Waals surface area (Å²) in [5.41, 5.74) is 5.66. The number of hydrogen-bond donors (Lipinski definition) is 1. The van der Waals surface area contributed by atoms with Crippen molar-refractivity contribution in [3.63, 3.8) is 0 Å². The van der Waals surface area contributed by atoms with Crippen LogP contribution in [-0.2, 0) is 0 Å². The first-order valence-corrected chi connectivity index (χ1v) is 6.64. The van der Waals surface area contributed by atoms with Gasteiger partial charge >= 0.3 is 0 Å². The molecule has 1 unspecified atom stereocenters. The van der Waals surface area contributed by atoms with E-state index in [0.29, 0.717) is 4.90 Å². The molecule has 0 saturated carbocycles. The summed E-state index contributed by atoms with van der Waals surface area (Å²) in [5.74, 6) is -1.41. The molecule has 0 aromatic heterocycles. The van der Waals surface area contributed by atoms with Crippen LogP contribution in [0.5, 0.6) is 0 Å². The van der Waals surface area contributed by atoms with Gasteiger partial charge in [0.15, 0.2) is 0 Å². The maximum atomic E-state index is 13.5. The Morgan fingerprint density at radius 1 is 1.00 bits per heavy atom. The van der Waals surface area contributed by atoms with Crippen LogP contribution >= 0.6 is 11.8 Å². The summed E-state index contributed by atoms with van der Waals surface area (Å²) in [4.78, 5) is 0.673. The van der Waals surface area contributed by atoms with E-state index in [1.165, 1.54) is 42.1 Å². The predicted octanol–water partition coefficient (Wildman–Crippen LogP) is 3.90. The summed E-state index contributed by atoms with van der Waals surface area (Å²) < 4.78 is 40.0. The van der Waals surface area contributed by atoms with Crippen LogP contribution in [0.2, 0.25) is 0 Å². The fourth-order valence-corrected chi connectivity index (χ4v) is 2.60. The molecule has 2 rings (SSSR count). The van der Waals surface area contributed by atoms with E-state index in [-0.39, 0.29) is 17.1 Å². The summed E-state index contributed by atoms with van der Waals surface area (Å²) in [6.07, 6.45) is 0. The van der Waals surface area contributed by atoms with E-state index in [4.69, 9.17) is 5.73 Å². The maximum absolute atomic E-state index is 13.5. The van der Waals surface area contributed by atoms with Crippen molar-refractivity contribution in [2.24, 2.45) is 5.73 Å². The van der Waals surface area contributed by atoms with Gasteiger partial charge in [0.25, 0.3) is 0 Å². The Balaban J connectivity index is 2.07. The fraction of sp³-hybridized carbons (Fsp3) is 0.143. The van der Waals surface area contributed by atoms with Gasteiger partial charge in [0, 0.05) is 22.3 Å². The van der Waals surface area contributed by atoms with E-state index < -0.39 is 17.7 Å². The first-order chi connectivity index (χ1) is 9.08. The van der Waals surface area contributed by atoms with Gasteiger partial charge < -0.3 is 5.73 Å². The highest BCUT2D eigenvalue weighted by Gasteiger charge is 2.16. The number of nitrogens with two attached hydrogens (primary N) is 1. The van der Waals surface area contributed by atoms with Gasteiger partial charge in [0.05, 0.1) is 0 Å². The van der Waals surface area contributed by atoms with Crippen molar-refractivity contribution in [3.8, 4) is 0 Å². The zero-order chi connectivity index (χ0) is 13.8. The molecule has 1 atom stereocenters. The molecular formula is C14H12F3NS. The Morgan fingerprint density at radius 3 is 2.26 bits per heavy atom. The van der Waals surface area contributed by atoms with Crippen molar-refractivity contribution in [3.05, 3.63) is 65.5 Å². The molecule has 0 aliphatic rings. The standard InChI is InChI=1S/C14H12F3NS/c15-9-3-1-4-10(7-9)19-8-13(18)14-11(16)5-2-6-12(14)17/h1-7,13H,8,18H2. The van der Waals surface area contributed by atoms with Crippen LogP contribution in [0, 0.1) is 17.5 Å². The second kappa shape index (κ2) is 6.12. The average Bonchev–Trinajstić information content (AvgIpc) is 2.36. The van der Waals surface area contributed by atoms with Gasteiger partial charge in [0.2, 0.25) is 0 Å². The molecule has 0 saturated heterocycles. The van der Waals surface area contributed by atoms with Crippen LogP contribution in [-0.4, -0.2) is 5.75 Å². The number of rotatable bonds is 4. The largest absolute Gasteiger partial charge is 0.323 e. The van der Waals surface area contributed by atoms with Crippen molar-refractivity contribution in [2.75, 3.05) is 5.75 Å². The van der Waals surface area contributed by atoms with Crippen LogP contribution in [0.15, 0.2) is 47.4 Å². The second-order valence-electron chi connectivity index (χ2n) is 4.01. The van der Waals surface area contributed by atoms with Gasteiger partial charge in [-0.2, -0.15) is 0 Å². The molecular weight excluding hydrogens is 271 g/mol. The molecule has 0 aliphatic carbocycles.